The van der Waals surface area contributed by atoms with Gasteiger partial charge in [-0.3, -0.25) is 14.9 Å². The zero-order valence-electron chi connectivity index (χ0n) is 18.2. The molecule has 2 aromatic carbocycles. The monoisotopic (exact) mass is 477 g/mol. The van der Waals surface area contributed by atoms with Gasteiger partial charge in [-0.1, -0.05) is 48.5 Å². The molecule has 2 aliphatic carbocycles. The van der Waals surface area contributed by atoms with E-state index < -0.39 is 17.5 Å². The number of aliphatic carboxylic acids is 1. The van der Waals surface area contributed by atoms with E-state index >= 15 is 0 Å². The Morgan fingerprint density at radius 3 is 2.32 bits per heavy atom. The summed E-state index contributed by atoms with van der Waals surface area (Å²) in [7, 11) is 0. The lowest BCUT2D eigenvalue weighted by Gasteiger charge is -2.14. The van der Waals surface area contributed by atoms with E-state index in [0.717, 1.165) is 22.3 Å². The molecule has 1 heterocycles. The summed E-state index contributed by atoms with van der Waals surface area (Å²) in [6.07, 6.45) is 0.559. The fourth-order valence-electron chi connectivity index (χ4n) is 4.28. The molecule has 5 rings (SSSR count). The number of hydrogen-bond donors (Lipinski definition) is 3. The quantitative estimate of drug-likeness (QED) is 0.451. The van der Waals surface area contributed by atoms with Crippen LogP contribution in [0.15, 0.2) is 53.9 Å². The molecule has 0 spiro atoms. The zero-order chi connectivity index (χ0) is 23.7. The van der Waals surface area contributed by atoms with Gasteiger partial charge in [0, 0.05) is 17.8 Å². The average molecular weight is 478 g/mol. The molecule has 0 unspecified atom stereocenters. The SMILES string of the molecule is O=C(Cc1csc(NC(=O)OCC2c3ccccc3-c3ccccc32)n1)NCC1(C(=O)O)CC1. The molecule has 34 heavy (non-hydrogen) atoms. The Kier molecular flexibility index (Phi) is 5.79. The highest BCUT2D eigenvalue weighted by Crippen LogP contribution is 2.45. The summed E-state index contributed by atoms with van der Waals surface area (Å²) in [5.74, 6) is -1.21. The van der Waals surface area contributed by atoms with E-state index in [2.05, 4.69) is 39.9 Å². The highest BCUT2D eigenvalue weighted by atomic mass is 32.1. The molecule has 9 heteroatoms. The van der Waals surface area contributed by atoms with E-state index in [1.54, 1.807) is 5.38 Å². The summed E-state index contributed by atoms with van der Waals surface area (Å²) in [6.45, 7) is 0.321. The van der Waals surface area contributed by atoms with Crippen LogP contribution < -0.4 is 10.6 Å². The smallest absolute Gasteiger partial charge is 0.413 e. The van der Waals surface area contributed by atoms with Crippen LogP contribution in [0.4, 0.5) is 9.93 Å². The number of carboxylic acids is 1. The molecule has 0 atom stereocenters. The first-order valence-corrected chi connectivity index (χ1v) is 11.9. The van der Waals surface area contributed by atoms with Crippen LogP contribution in [0.5, 0.6) is 0 Å². The number of benzene rings is 2. The van der Waals surface area contributed by atoms with Crippen LogP contribution in [-0.4, -0.2) is 41.2 Å². The summed E-state index contributed by atoms with van der Waals surface area (Å²) < 4.78 is 5.52. The third-order valence-electron chi connectivity index (χ3n) is 6.38. The molecule has 0 aliphatic heterocycles. The second kappa shape index (κ2) is 8.90. The summed E-state index contributed by atoms with van der Waals surface area (Å²) in [5, 5.41) is 16.5. The molecule has 0 bridgehead atoms. The van der Waals surface area contributed by atoms with Crippen molar-refractivity contribution in [2.24, 2.45) is 5.41 Å². The third kappa shape index (κ3) is 4.38. The van der Waals surface area contributed by atoms with Gasteiger partial charge in [0.15, 0.2) is 5.13 Å². The van der Waals surface area contributed by atoms with Gasteiger partial charge in [0.2, 0.25) is 5.91 Å². The van der Waals surface area contributed by atoms with Gasteiger partial charge in [-0.25, -0.2) is 9.78 Å². The molecule has 3 aromatic rings. The Morgan fingerprint density at radius 2 is 1.71 bits per heavy atom. The second-order valence-corrected chi connectivity index (χ2v) is 9.49. The summed E-state index contributed by atoms with van der Waals surface area (Å²) in [4.78, 5) is 40.0. The molecular formula is C25H23N3O5S. The highest BCUT2D eigenvalue weighted by molar-refractivity contribution is 7.13. The number of carboxylic acid groups (broad SMARTS) is 1. The number of nitrogens with one attached hydrogen (secondary N) is 2. The summed E-state index contributed by atoms with van der Waals surface area (Å²) in [6, 6.07) is 16.2. The summed E-state index contributed by atoms with van der Waals surface area (Å²) >= 11 is 1.20. The van der Waals surface area contributed by atoms with E-state index in [1.165, 1.54) is 11.3 Å². The molecule has 1 fully saturated rings. The van der Waals surface area contributed by atoms with E-state index in [1.807, 2.05) is 24.3 Å². The van der Waals surface area contributed by atoms with Gasteiger partial charge in [0.25, 0.3) is 0 Å². The van der Waals surface area contributed by atoms with E-state index in [4.69, 9.17) is 4.74 Å². The lowest BCUT2D eigenvalue weighted by Crippen LogP contribution is -2.35. The Morgan fingerprint density at radius 1 is 1.06 bits per heavy atom. The van der Waals surface area contributed by atoms with E-state index in [0.29, 0.717) is 23.7 Å². The summed E-state index contributed by atoms with van der Waals surface area (Å²) in [5.41, 5.74) is 4.27. The maximum atomic E-state index is 12.4. The Labute approximate surface area is 200 Å². The third-order valence-corrected chi connectivity index (χ3v) is 7.18. The van der Waals surface area contributed by atoms with Crippen molar-refractivity contribution in [2.75, 3.05) is 18.5 Å². The van der Waals surface area contributed by atoms with E-state index in [9.17, 15) is 19.5 Å². The number of fused-ring (bicyclic) bond motifs is 3. The first kappa shape index (κ1) is 22.1. The second-order valence-electron chi connectivity index (χ2n) is 8.63. The fourth-order valence-corrected chi connectivity index (χ4v) is 4.98. The van der Waals surface area contributed by atoms with Crippen LogP contribution in [0.2, 0.25) is 0 Å². The number of anilines is 1. The van der Waals surface area contributed by atoms with Crippen molar-refractivity contribution >= 4 is 34.4 Å². The lowest BCUT2D eigenvalue weighted by molar-refractivity contribution is -0.143. The minimum Gasteiger partial charge on any atom is -0.481 e. The van der Waals surface area contributed by atoms with Gasteiger partial charge in [0.05, 0.1) is 17.5 Å². The van der Waals surface area contributed by atoms with Gasteiger partial charge in [-0.05, 0) is 35.1 Å². The number of aromatic nitrogens is 1. The van der Waals surface area contributed by atoms with Crippen molar-refractivity contribution < 1.29 is 24.2 Å². The first-order chi connectivity index (χ1) is 16.4. The number of thiazole rings is 1. The zero-order valence-corrected chi connectivity index (χ0v) is 19.1. The minimum atomic E-state index is -0.879. The van der Waals surface area contributed by atoms with Crippen molar-refractivity contribution in [3.05, 3.63) is 70.7 Å². The number of carbonyl (C=O) groups excluding carboxylic acids is 2. The topological polar surface area (TPSA) is 118 Å². The molecule has 0 saturated heterocycles. The van der Waals surface area contributed by atoms with Crippen LogP contribution in [0.1, 0.15) is 35.6 Å². The van der Waals surface area contributed by atoms with Gasteiger partial charge >= 0.3 is 12.1 Å². The van der Waals surface area contributed by atoms with E-state index in [-0.39, 0.29) is 31.4 Å². The maximum Gasteiger partial charge on any atom is 0.413 e. The molecule has 2 aliphatic rings. The normalized spacial score (nSPS) is 15.2. The number of nitrogens with zero attached hydrogens (tertiary/aromatic N) is 1. The Bertz CT molecular complexity index is 1220. The average Bonchev–Trinajstić information content (AvgIpc) is 3.41. The highest BCUT2D eigenvalue weighted by Gasteiger charge is 2.50. The Balaban J connectivity index is 1.14. The van der Waals surface area contributed by atoms with Gasteiger partial charge < -0.3 is 15.2 Å². The van der Waals surface area contributed by atoms with Gasteiger partial charge in [-0.2, -0.15) is 0 Å². The molecule has 0 radical (unpaired) electrons. The molecule has 1 saturated carbocycles. The number of rotatable bonds is 8. The van der Waals surface area contributed by atoms with Crippen LogP contribution in [-0.2, 0) is 20.7 Å². The van der Waals surface area contributed by atoms with Crippen molar-refractivity contribution in [1.82, 2.24) is 10.3 Å². The maximum absolute atomic E-state index is 12.4. The standard InChI is InChI=1S/C25H23N3O5S/c29-21(26-14-25(9-10-25)22(30)31)11-15-13-34-23(27-15)28-24(32)33-12-20-18-7-3-1-5-16(18)17-6-2-4-8-19(17)20/h1-8,13,20H,9-12,14H2,(H,26,29)(H,30,31)(H,27,28,32). The van der Waals surface area contributed by atoms with Crippen LogP contribution >= 0.6 is 11.3 Å². The minimum absolute atomic E-state index is 0.0125. The Hall–Kier alpha value is -3.72. The largest absolute Gasteiger partial charge is 0.481 e. The predicted octanol–water partition coefficient (Wildman–Crippen LogP) is 4.03. The van der Waals surface area contributed by atoms with Gasteiger partial charge in [0.1, 0.15) is 6.61 Å². The van der Waals surface area contributed by atoms with Crippen molar-refractivity contribution in [2.45, 2.75) is 25.2 Å². The van der Waals surface area contributed by atoms with Crippen LogP contribution in [0.3, 0.4) is 0 Å². The van der Waals surface area contributed by atoms with Crippen molar-refractivity contribution in [1.29, 1.82) is 0 Å². The molecule has 8 nitrogen and oxygen atoms in total. The molecule has 1 aromatic heterocycles. The first-order valence-electron chi connectivity index (χ1n) is 11.0. The van der Waals surface area contributed by atoms with Crippen LogP contribution in [0.25, 0.3) is 11.1 Å². The lowest BCUT2D eigenvalue weighted by atomic mass is 9.98. The number of amides is 2. The predicted molar refractivity (Wildman–Crippen MR) is 127 cm³/mol. The molecule has 2 amide bonds. The van der Waals surface area contributed by atoms with Crippen molar-refractivity contribution in [3.8, 4) is 11.1 Å². The fraction of sp³-hybridized carbons (Fsp3) is 0.280. The van der Waals surface area contributed by atoms with Gasteiger partial charge in [-0.15, -0.1) is 11.3 Å². The van der Waals surface area contributed by atoms with Crippen LogP contribution in [0, 0.1) is 5.41 Å². The molecule has 174 valence electrons. The molecular weight excluding hydrogens is 454 g/mol. The number of ether oxygens (including phenoxy) is 1. The number of hydrogen-bond acceptors (Lipinski definition) is 6. The van der Waals surface area contributed by atoms with Crippen molar-refractivity contribution in [3.63, 3.8) is 0 Å². The molecule has 3 N–H and O–H groups in total. The number of carbonyl (C=O) groups is 3.